The van der Waals surface area contributed by atoms with E-state index < -0.39 is 6.10 Å². The summed E-state index contributed by atoms with van der Waals surface area (Å²) in [4.78, 5) is 12.0. The highest BCUT2D eigenvalue weighted by Crippen LogP contribution is 2.32. The van der Waals surface area contributed by atoms with Crippen molar-refractivity contribution in [3.8, 4) is 11.5 Å². The number of hydrogen-bond donors (Lipinski definition) is 2. The first-order chi connectivity index (χ1) is 11.7. The van der Waals surface area contributed by atoms with Gasteiger partial charge in [0.1, 0.15) is 25.9 Å². The second kappa shape index (κ2) is 9.42. The summed E-state index contributed by atoms with van der Waals surface area (Å²) in [5.74, 6) is 1.52. The fourth-order valence-electron chi connectivity index (χ4n) is 2.68. The Morgan fingerprint density at radius 3 is 2.56 bits per heavy atom. The molecule has 0 spiro atoms. The van der Waals surface area contributed by atoms with E-state index >= 15 is 0 Å². The van der Waals surface area contributed by atoms with E-state index in [2.05, 4.69) is 0 Å². The molecule has 0 saturated heterocycles. The van der Waals surface area contributed by atoms with Gasteiger partial charge in [-0.15, -0.1) is 0 Å². The first-order valence-corrected chi connectivity index (χ1v) is 8.21. The normalized spacial score (nSPS) is 13.6. The summed E-state index contributed by atoms with van der Waals surface area (Å²) in [6.07, 6.45) is -0.148. The maximum Gasteiger partial charge on any atom is 0.168 e. The number of ketones is 1. The van der Waals surface area contributed by atoms with Crippen molar-refractivity contribution in [3.05, 3.63) is 59.7 Å². The highest BCUT2D eigenvalue weighted by molar-refractivity contribution is 5.95. The molecule has 1 heterocycles. The number of benzene rings is 2. The van der Waals surface area contributed by atoms with Crippen LogP contribution in [-0.2, 0) is 0 Å². The number of hydrogen-bond acceptors (Lipinski definition) is 4. The van der Waals surface area contributed by atoms with E-state index in [1.165, 1.54) is 0 Å². The molecule has 0 amide bonds. The lowest BCUT2D eigenvalue weighted by Gasteiger charge is -2.19. The molecular formula is C19H22ClNO4. The number of Topliss-reactive ketones (excluding diaryl/α,β-unsaturated/α-hetero) is 1. The number of aliphatic hydroxyl groups is 1. The van der Waals surface area contributed by atoms with Crippen molar-refractivity contribution in [1.29, 1.82) is 0 Å². The van der Waals surface area contributed by atoms with Crippen molar-refractivity contribution in [1.82, 2.24) is 0 Å². The van der Waals surface area contributed by atoms with Gasteiger partial charge in [0.25, 0.3) is 0 Å². The molecule has 1 atom stereocenters. The van der Waals surface area contributed by atoms with Gasteiger partial charge in [-0.25, -0.2) is 0 Å². The minimum atomic E-state index is -0.604. The van der Waals surface area contributed by atoms with Gasteiger partial charge in [0.05, 0.1) is 13.0 Å². The zero-order chi connectivity index (χ0) is 16.8. The number of fused-ring (bicyclic) bond motifs is 1. The molecule has 6 heteroatoms. The summed E-state index contributed by atoms with van der Waals surface area (Å²) >= 11 is 0. The molecule has 5 nitrogen and oxygen atoms in total. The topological polar surface area (TPSA) is 72.4 Å². The Hall–Kier alpha value is -2.08. The van der Waals surface area contributed by atoms with Crippen LogP contribution in [-0.4, -0.2) is 37.2 Å². The molecule has 2 aromatic carbocycles. The molecule has 134 valence electrons. The van der Waals surface area contributed by atoms with Crippen LogP contribution in [0.4, 0.5) is 0 Å². The summed E-state index contributed by atoms with van der Waals surface area (Å²) < 4.78 is 11.0. The first-order valence-electron chi connectivity index (χ1n) is 8.21. The van der Waals surface area contributed by atoms with Gasteiger partial charge >= 0.3 is 0 Å². The molecule has 0 bridgehead atoms. The zero-order valence-corrected chi connectivity index (χ0v) is 14.6. The Kier molecular flexibility index (Phi) is 7.25. The number of ether oxygens (including phenoxy) is 2. The van der Waals surface area contributed by atoms with Gasteiger partial charge in [-0.2, -0.15) is 0 Å². The van der Waals surface area contributed by atoms with Crippen molar-refractivity contribution in [2.75, 3.05) is 26.3 Å². The van der Waals surface area contributed by atoms with Crippen molar-refractivity contribution in [2.24, 2.45) is 0 Å². The molecule has 0 saturated carbocycles. The molecule has 1 aliphatic rings. The Labute approximate surface area is 153 Å². The summed E-state index contributed by atoms with van der Waals surface area (Å²) in [6, 6.07) is 14.8. The lowest BCUT2D eigenvalue weighted by Crippen LogP contribution is -3.00. The van der Waals surface area contributed by atoms with Gasteiger partial charge in [0.15, 0.2) is 17.3 Å². The maximum atomic E-state index is 12.0. The smallest absolute Gasteiger partial charge is 0.168 e. The second-order valence-electron chi connectivity index (χ2n) is 5.77. The molecule has 3 rings (SSSR count). The largest absolute Gasteiger partial charge is 1.00 e. The summed E-state index contributed by atoms with van der Waals surface area (Å²) in [5.41, 5.74) is 1.53. The number of carbonyl (C=O) groups is 1. The van der Waals surface area contributed by atoms with Crippen LogP contribution in [0, 0.1) is 0 Å². The van der Waals surface area contributed by atoms with Crippen LogP contribution >= 0.6 is 0 Å². The molecule has 0 radical (unpaired) electrons. The van der Waals surface area contributed by atoms with E-state index in [9.17, 15) is 9.90 Å². The third kappa shape index (κ3) is 5.19. The molecule has 3 N–H and O–H groups in total. The van der Waals surface area contributed by atoms with Crippen molar-refractivity contribution >= 4 is 5.78 Å². The fraction of sp³-hybridized carbons (Fsp3) is 0.316. The van der Waals surface area contributed by atoms with Crippen LogP contribution in [0.1, 0.15) is 28.4 Å². The Balaban J connectivity index is 0.00000225. The van der Waals surface area contributed by atoms with E-state index in [4.69, 9.17) is 9.47 Å². The van der Waals surface area contributed by atoms with E-state index in [1.807, 2.05) is 53.8 Å². The maximum absolute atomic E-state index is 12.0. The molecule has 25 heavy (non-hydrogen) atoms. The fourth-order valence-corrected chi connectivity index (χ4v) is 2.68. The Morgan fingerprint density at radius 2 is 1.80 bits per heavy atom. The predicted octanol–water partition coefficient (Wildman–Crippen LogP) is -1.67. The van der Waals surface area contributed by atoms with E-state index in [1.54, 1.807) is 0 Å². The number of rotatable bonds is 7. The minimum absolute atomic E-state index is 0. The predicted molar refractivity (Wildman–Crippen MR) is 89.4 cm³/mol. The average molecular weight is 364 g/mol. The van der Waals surface area contributed by atoms with Gasteiger partial charge in [-0.1, -0.05) is 36.4 Å². The molecule has 1 aliphatic heterocycles. The molecule has 2 aromatic rings. The van der Waals surface area contributed by atoms with Gasteiger partial charge < -0.3 is 32.3 Å². The summed E-state index contributed by atoms with van der Waals surface area (Å²) in [6.45, 7) is 2.23. The van der Waals surface area contributed by atoms with E-state index in [0.29, 0.717) is 38.5 Å². The number of carbonyl (C=O) groups excluding carboxylic acids is 1. The minimum Gasteiger partial charge on any atom is -1.00 e. The first kappa shape index (κ1) is 19.2. The average Bonchev–Trinajstić information content (AvgIpc) is 2.65. The van der Waals surface area contributed by atoms with E-state index in [0.717, 1.165) is 16.9 Å². The van der Waals surface area contributed by atoms with Crippen LogP contribution < -0.4 is 27.2 Å². The molecule has 0 fully saturated rings. The van der Waals surface area contributed by atoms with Crippen molar-refractivity contribution in [2.45, 2.75) is 12.5 Å². The highest BCUT2D eigenvalue weighted by Gasteiger charge is 2.16. The summed E-state index contributed by atoms with van der Waals surface area (Å²) in [7, 11) is 0. The van der Waals surface area contributed by atoms with Gasteiger partial charge in [0.2, 0.25) is 0 Å². The number of quaternary nitrogens is 1. The third-order valence-electron chi connectivity index (χ3n) is 4.01. The van der Waals surface area contributed by atoms with Crippen LogP contribution in [0.2, 0.25) is 0 Å². The lowest BCUT2D eigenvalue weighted by molar-refractivity contribution is -0.660. The van der Waals surface area contributed by atoms with Crippen molar-refractivity contribution in [3.63, 3.8) is 0 Å². The third-order valence-corrected chi connectivity index (χ3v) is 4.01. The highest BCUT2D eigenvalue weighted by atomic mass is 35.5. The van der Waals surface area contributed by atoms with Crippen molar-refractivity contribution < 1.29 is 37.1 Å². The summed E-state index contributed by atoms with van der Waals surface area (Å²) in [5, 5.41) is 12.3. The molecular weight excluding hydrogens is 342 g/mol. The van der Waals surface area contributed by atoms with E-state index in [-0.39, 0.29) is 18.2 Å². The number of nitrogens with two attached hydrogens (primary N) is 1. The van der Waals surface area contributed by atoms with Gasteiger partial charge in [-0.3, -0.25) is 4.79 Å². The molecule has 1 unspecified atom stereocenters. The van der Waals surface area contributed by atoms with Gasteiger partial charge in [0, 0.05) is 5.56 Å². The SMILES string of the molecule is O=C(CC[NH2+]CC(O)c1ccc2c(c1)OCCO2)c1ccccc1.[Cl-]. The Morgan fingerprint density at radius 1 is 1.08 bits per heavy atom. The van der Waals surface area contributed by atoms with Crippen LogP contribution in [0.3, 0.4) is 0 Å². The lowest BCUT2D eigenvalue weighted by atomic mass is 10.1. The monoisotopic (exact) mass is 363 g/mol. The number of halogens is 1. The van der Waals surface area contributed by atoms with Crippen LogP contribution in [0.25, 0.3) is 0 Å². The van der Waals surface area contributed by atoms with Crippen LogP contribution in [0.15, 0.2) is 48.5 Å². The quantitative estimate of drug-likeness (QED) is 0.456. The second-order valence-corrected chi connectivity index (χ2v) is 5.77. The molecule has 0 aliphatic carbocycles. The standard InChI is InChI=1S/C19H21NO4.ClH/c21-16(14-4-2-1-3-5-14)8-9-20-13-17(22)15-6-7-18-19(12-15)24-11-10-23-18;/h1-7,12,17,20,22H,8-11,13H2;1H. The number of aliphatic hydroxyl groups excluding tert-OH is 1. The van der Waals surface area contributed by atoms with Crippen LogP contribution in [0.5, 0.6) is 11.5 Å². The zero-order valence-electron chi connectivity index (χ0n) is 13.9. The Bertz CT molecular complexity index is 693. The molecule has 0 aromatic heterocycles. The van der Waals surface area contributed by atoms with Gasteiger partial charge in [-0.05, 0) is 17.7 Å².